The van der Waals surface area contributed by atoms with E-state index in [1.54, 1.807) is 0 Å². The van der Waals surface area contributed by atoms with Gasteiger partial charge in [0.05, 0.1) is 6.61 Å². The summed E-state index contributed by atoms with van der Waals surface area (Å²) in [5.74, 6) is 5.88. The Hall–Kier alpha value is -2.41. The second-order valence-corrected chi connectivity index (χ2v) is 7.09. The quantitative estimate of drug-likeness (QED) is 0.374. The molecule has 1 heterocycles. The maximum absolute atomic E-state index is 13.2. The van der Waals surface area contributed by atoms with E-state index >= 15 is 0 Å². The van der Waals surface area contributed by atoms with Crippen molar-refractivity contribution in [1.82, 2.24) is 4.98 Å². The van der Waals surface area contributed by atoms with Crippen LogP contribution in [0.1, 0.15) is 62.5 Å². The molecule has 27 heavy (non-hydrogen) atoms. The molecule has 0 saturated heterocycles. The van der Waals surface area contributed by atoms with Gasteiger partial charge in [-0.25, -0.2) is 9.37 Å². The zero-order chi connectivity index (χ0) is 19.1. The van der Waals surface area contributed by atoms with Crippen LogP contribution in [-0.2, 0) is 0 Å². The molecule has 2 aromatic rings. The number of nitrogens with zero attached hydrogens (tertiary/aromatic N) is 1. The molecule has 1 fully saturated rings. The molecule has 1 aromatic carbocycles. The summed E-state index contributed by atoms with van der Waals surface area (Å²) in [6.07, 6.45) is 7.70. The van der Waals surface area contributed by atoms with Gasteiger partial charge in [-0.3, -0.25) is 0 Å². The Morgan fingerprint density at radius 3 is 2.52 bits per heavy atom. The van der Waals surface area contributed by atoms with Gasteiger partial charge in [0, 0.05) is 17.7 Å². The number of halogens is 2. The van der Waals surface area contributed by atoms with Crippen molar-refractivity contribution in [2.24, 2.45) is 5.92 Å². The van der Waals surface area contributed by atoms with Gasteiger partial charge in [0.2, 0.25) is 5.95 Å². The van der Waals surface area contributed by atoms with Gasteiger partial charge >= 0.3 is 0 Å². The summed E-state index contributed by atoms with van der Waals surface area (Å²) < 4.78 is 31.8. The van der Waals surface area contributed by atoms with Crippen molar-refractivity contribution in [1.29, 1.82) is 0 Å². The van der Waals surface area contributed by atoms with Gasteiger partial charge in [-0.15, -0.1) is 0 Å². The fourth-order valence-electron chi connectivity index (χ4n) is 3.42. The highest BCUT2D eigenvalue weighted by Crippen LogP contribution is 2.36. The fourth-order valence-corrected chi connectivity index (χ4v) is 3.42. The van der Waals surface area contributed by atoms with Crippen molar-refractivity contribution in [3.63, 3.8) is 0 Å². The number of ether oxygens (including phenoxy) is 1. The van der Waals surface area contributed by atoms with E-state index < -0.39 is 11.8 Å². The van der Waals surface area contributed by atoms with Crippen LogP contribution in [0, 0.1) is 29.5 Å². The van der Waals surface area contributed by atoms with Gasteiger partial charge in [0.1, 0.15) is 5.75 Å². The summed E-state index contributed by atoms with van der Waals surface area (Å²) in [5, 5.41) is 0. The average molecular weight is 369 g/mol. The molecule has 0 spiro atoms. The van der Waals surface area contributed by atoms with E-state index in [2.05, 4.69) is 48.0 Å². The lowest BCUT2D eigenvalue weighted by molar-refractivity contribution is 0.309. The summed E-state index contributed by atoms with van der Waals surface area (Å²) in [4.78, 5) is 3.37. The molecule has 1 saturated carbocycles. The molecule has 0 N–H and O–H groups in total. The second kappa shape index (κ2) is 9.50. The fraction of sp³-hybridized carbons (Fsp3) is 0.435. The SMILES string of the molecule is CCCCOc1ccc([C@H]2CC[C@H](C#Cc3cnc(F)c(F)c3)CC2)cc1. The van der Waals surface area contributed by atoms with Crippen LogP contribution in [0.3, 0.4) is 0 Å². The first-order valence-corrected chi connectivity index (χ1v) is 9.71. The highest BCUT2D eigenvalue weighted by Gasteiger charge is 2.21. The van der Waals surface area contributed by atoms with Gasteiger partial charge < -0.3 is 4.74 Å². The van der Waals surface area contributed by atoms with Gasteiger partial charge in [0.25, 0.3) is 0 Å². The Labute approximate surface area is 160 Å². The molecule has 1 aliphatic rings. The number of unbranched alkanes of at least 4 members (excludes halogenated alkanes) is 1. The van der Waals surface area contributed by atoms with Crippen molar-refractivity contribution in [3.05, 3.63) is 59.4 Å². The van der Waals surface area contributed by atoms with E-state index in [1.807, 2.05) is 0 Å². The molecular weight excluding hydrogens is 344 g/mol. The van der Waals surface area contributed by atoms with Crippen LogP contribution < -0.4 is 4.74 Å². The van der Waals surface area contributed by atoms with Gasteiger partial charge in [0.15, 0.2) is 5.82 Å². The molecule has 0 aliphatic heterocycles. The predicted octanol–water partition coefficient (Wildman–Crippen LogP) is 5.86. The van der Waals surface area contributed by atoms with Gasteiger partial charge in [-0.2, -0.15) is 4.39 Å². The Balaban J connectivity index is 1.51. The summed E-state index contributed by atoms with van der Waals surface area (Å²) in [7, 11) is 0. The Bertz CT molecular complexity index is 799. The number of hydrogen-bond donors (Lipinski definition) is 0. The van der Waals surface area contributed by atoms with Crippen LogP contribution >= 0.6 is 0 Å². The molecule has 3 rings (SSSR count). The molecular formula is C23H25F2NO. The maximum atomic E-state index is 13.2. The Morgan fingerprint density at radius 1 is 1.11 bits per heavy atom. The average Bonchev–Trinajstić information content (AvgIpc) is 2.70. The van der Waals surface area contributed by atoms with Crippen molar-refractivity contribution in [2.75, 3.05) is 6.61 Å². The first-order valence-electron chi connectivity index (χ1n) is 9.71. The molecule has 4 heteroatoms. The molecule has 0 unspecified atom stereocenters. The van der Waals surface area contributed by atoms with E-state index in [9.17, 15) is 8.78 Å². The van der Waals surface area contributed by atoms with Crippen LogP contribution in [-0.4, -0.2) is 11.6 Å². The molecule has 2 nitrogen and oxygen atoms in total. The van der Waals surface area contributed by atoms with Crippen molar-refractivity contribution in [2.45, 2.75) is 51.4 Å². The molecule has 0 bridgehead atoms. The maximum Gasteiger partial charge on any atom is 0.248 e. The molecule has 0 atom stereocenters. The topological polar surface area (TPSA) is 22.1 Å². The number of aromatic nitrogens is 1. The minimum atomic E-state index is -1.08. The lowest BCUT2D eigenvalue weighted by Gasteiger charge is -2.26. The Kier molecular flexibility index (Phi) is 6.81. The third-order valence-electron chi connectivity index (χ3n) is 5.06. The number of hydrogen-bond acceptors (Lipinski definition) is 2. The highest BCUT2D eigenvalue weighted by molar-refractivity contribution is 5.33. The molecule has 0 radical (unpaired) electrons. The van der Waals surface area contributed by atoms with E-state index in [1.165, 1.54) is 11.8 Å². The van der Waals surface area contributed by atoms with Crippen LogP contribution in [0.15, 0.2) is 36.5 Å². The number of pyridine rings is 1. The minimum Gasteiger partial charge on any atom is -0.494 e. The van der Waals surface area contributed by atoms with Crippen molar-refractivity contribution < 1.29 is 13.5 Å². The summed E-state index contributed by atoms with van der Waals surface area (Å²) in [6.45, 7) is 2.93. The third-order valence-corrected chi connectivity index (χ3v) is 5.06. The minimum absolute atomic E-state index is 0.297. The molecule has 0 amide bonds. The second-order valence-electron chi connectivity index (χ2n) is 7.09. The first kappa shape index (κ1) is 19.4. The van der Waals surface area contributed by atoms with E-state index in [0.29, 0.717) is 17.4 Å². The van der Waals surface area contributed by atoms with Crippen LogP contribution in [0.25, 0.3) is 0 Å². The first-order chi connectivity index (χ1) is 13.2. The van der Waals surface area contributed by atoms with Crippen LogP contribution in [0.2, 0.25) is 0 Å². The lowest BCUT2D eigenvalue weighted by Crippen LogP contribution is -2.12. The zero-order valence-corrected chi connectivity index (χ0v) is 15.7. The number of benzene rings is 1. The molecule has 1 aromatic heterocycles. The predicted molar refractivity (Wildman–Crippen MR) is 103 cm³/mol. The normalized spacial score (nSPS) is 19.2. The van der Waals surface area contributed by atoms with Gasteiger partial charge in [-0.05, 0) is 61.8 Å². The summed E-state index contributed by atoms with van der Waals surface area (Å²) in [5.41, 5.74) is 1.78. The van der Waals surface area contributed by atoms with Gasteiger partial charge in [-0.1, -0.05) is 37.3 Å². The van der Waals surface area contributed by atoms with E-state index in [-0.39, 0.29) is 0 Å². The zero-order valence-electron chi connectivity index (χ0n) is 15.7. The molecule has 142 valence electrons. The van der Waals surface area contributed by atoms with E-state index in [4.69, 9.17) is 4.74 Å². The Morgan fingerprint density at radius 2 is 1.85 bits per heavy atom. The lowest BCUT2D eigenvalue weighted by atomic mass is 9.79. The van der Waals surface area contributed by atoms with Crippen LogP contribution in [0.4, 0.5) is 8.78 Å². The van der Waals surface area contributed by atoms with Crippen LogP contribution in [0.5, 0.6) is 5.75 Å². The van der Waals surface area contributed by atoms with Crippen molar-refractivity contribution in [3.8, 4) is 17.6 Å². The largest absolute Gasteiger partial charge is 0.494 e. The number of rotatable bonds is 5. The van der Waals surface area contributed by atoms with E-state index in [0.717, 1.165) is 56.9 Å². The van der Waals surface area contributed by atoms with Crippen molar-refractivity contribution >= 4 is 0 Å². The standard InChI is InChI=1S/C23H25F2NO/c1-2-3-14-27-21-12-10-20(11-13-21)19-8-6-17(7-9-19)4-5-18-15-22(24)23(25)26-16-18/h10-13,15-17,19H,2-3,6-9,14H2,1H3/t17-,19-. The monoisotopic (exact) mass is 369 g/mol. The third kappa shape index (κ3) is 5.53. The highest BCUT2D eigenvalue weighted by atomic mass is 19.2. The summed E-state index contributed by atoms with van der Waals surface area (Å²) in [6, 6.07) is 9.57. The smallest absolute Gasteiger partial charge is 0.248 e. The molecule has 1 aliphatic carbocycles. The summed E-state index contributed by atoms with van der Waals surface area (Å²) >= 11 is 0.